The van der Waals surface area contributed by atoms with Gasteiger partial charge in [0, 0.05) is 19.3 Å². The van der Waals surface area contributed by atoms with Crippen LogP contribution in [0.2, 0.25) is 0 Å². The van der Waals surface area contributed by atoms with Gasteiger partial charge in [-0.1, -0.05) is 0 Å². The molecule has 0 aliphatic rings. The molecule has 0 spiro atoms. The van der Waals surface area contributed by atoms with Crippen molar-refractivity contribution in [2.45, 2.75) is 57.4 Å². The lowest BCUT2D eigenvalue weighted by Crippen LogP contribution is -2.57. The molecule has 0 aliphatic carbocycles. The van der Waals surface area contributed by atoms with E-state index < -0.39 is 66.5 Å². The Hall–Kier alpha value is -3.22. The molecule has 0 rings (SSSR count). The lowest BCUT2D eigenvalue weighted by Gasteiger charge is -2.40. The zero-order valence-corrected chi connectivity index (χ0v) is 16.7. The number of unbranched alkanes of at least 4 members (excludes halogenated alkanes) is 1. The first-order valence-electron chi connectivity index (χ1n) is 9.41. The molecule has 0 amide bonds. The van der Waals surface area contributed by atoms with Crippen LogP contribution in [0.25, 0.3) is 0 Å². The summed E-state index contributed by atoms with van der Waals surface area (Å²) in [7, 11) is 0. The standard InChI is InChI=1S/C18H27NO12/c20-11(21)4-1-2-8-19(9-3-5-12(22)23)15(16(28)29)18(17(30)31,10-14(26)27)7-6-13(24)25/h15H,1-10H2,(H,20,21)(H,22,23)(H,24,25)(H,26,27)(H,28,29)(H,30,31). The van der Waals surface area contributed by atoms with Crippen LogP contribution in [0.15, 0.2) is 0 Å². The van der Waals surface area contributed by atoms with Gasteiger partial charge in [0.15, 0.2) is 0 Å². The van der Waals surface area contributed by atoms with E-state index >= 15 is 0 Å². The van der Waals surface area contributed by atoms with E-state index in [1.54, 1.807) is 0 Å². The summed E-state index contributed by atoms with van der Waals surface area (Å²) in [5.74, 6) is -8.88. The Morgan fingerprint density at radius 3 is 1.55 bits per heavy atom. The maximum absolute atomic E-state index is 12.1. The predicted molar refractivity (Wildman–Crippen MR) is 101 cm³/mol. The smallest absolute Gasteiger partial charge is 0.322 e. The number of carbonyl (C=O) groups is 6. The average Bonchev–Trinajstić information content (AvgIpc) is 2.61. The predicted octanol–water partition coefficient (Wildman–Crippen LogP) is 0.272. The average molecular weight is 449 g/mol. The van der Waals surface area contributed by atoms with Crippen LogP contribution in [0.5, 0.6) is 0 Å². The van der Waals surface area contributed by atoms with Crippen molar-refractivity contribution in [2.75, 3.05) is 13.1 Å². The number of hydrogen-bond donors (Lipinski definition) is 6. The molecular weight excluding hydrogens is 422 g/mol. The van der Waals surface area contributed by atoms with Crippen molar-refractivity contribution in [1.29, 1.82) is 0 Å². The van der Waals surface area contributed by atoms with Crippen molar-refractivity contribution >= 4 is 35.8 Å². The molecule has 176 valence electrons. The van der Waals surface area contributed by atoms with E-state index in [0.29, 0.717) is 0 Å². The number of nitrogens with zero attached hydrogens (tertiary/aromatic N) is 1. The molecule has 2 unspecified atom stereocenters. The lowest BCUT2D eigenvalue weighted by atomic mass is 9.72. The second-order valence-corrected chi connectivity index (χ2v) is 7.05. The number of aliphatic carboxylic acids is 6. The monoisotopic (exact) mass is 449 g/mol. The van der Waals surface area contributed by atoms with Crippen LogP contribution < -0.4 is 0 Å². The number of rotatable bonds is 18. The Labute approximate surface area is 176 Å². The molecule has 0 saturated heterocycles. The van der Waals surface area contributed by atoms with E-state index in [2.05, 4.69) is 0 Å². The van der Waals surface area contributed by atoms with Gasteiger partial charge in [0.2, 0.25) is 0 Å². The van der Waals surface area contributed by atoms with Gasteiger partial charge in [-0.25, -0.2) is 0 Å². The van der Waals surface area contributed by atoms with Crippen molar-refractivity contribution in [3.05, 3.63) is 0 Å². The Balaban J connectivity index is 6.10. The van der Waals surface area contributed by atoms with Gasteiger partial charge in [-0.15, -0.1) is 0 Å². The van der Waals surface area contributed by atoms with Gasteiger partial charge in [-0.3, -0.25) is 33.7 Å². The molecule has 0 bridgehead atoms. The SMILES string of the molecule is O=C(O)CCCCN(CCCC(=O)O)C(C(=O)O)C(CCC(=O)O)(CC(=O)O)C(=O)O. The minimum atomic E-state index is -2.51. The summed E-state index contributed by atoms with van der Waals surface area (Å²) in [6.07, 6.45) is -3.21. The van der Waals surface area contributed by atoms with E-state index in [1.807, 2.05) is 0 Å². The van der Waals surface area contributed by atoms with Crippen molar-refractivity contribution in [3.63, 3.8) is 0 Å². The van der Waals surface area contributed by atoms with Crippen LogP contribution >= 0.6 is 0 Å². The fourth-order valence-electron chi connectivity index (χ4n) is 3.36. The fraction of sp³-hybridized carbons (Fsp3) is 0.667. The zero-order valence-electron chi connectivity index (χ0n) is 16.7. The molecule has 0 saturated carbocycles. The van der Waals surface area contributed by atoms with Gasteiger partial charge in [-0.05, 0) is 38.8 Å². The minimum Gasteiger partial charge on any atom is -0.481 e. The zero-order chi connectivity index (χ0) is 24.2. The molecule has 0 heterocycles. The van der Waals surface area contributed by atoms with E-state index in [4.69, 9.17) is 15.3 Å². The Morgan fingerprint density at radius 1 is 0.645 bits per heavy atom. The molecule has 0 radical (unpaired) electrons. The second-order valence-electron chi connectivity index (χ2n) is 7.05. The molecule has 31 heavy (non-hydrogen) atoms. The first kappa shape index (κ1) is 27.8. The molecule has 2 atom stereocenters. The van der Waals surface area contributed by atoms with E-state index in [-0.39, 0.29) is 45.2 Å². The largest absolute Gasteiger partial charge is 0.481 e. The van der Waals surface area contributed by atoms with Gasteiger partial charge in [-0.2, -0.15) is 0 Å². The Kier molecular flexibility index (Phi) is 11.8. The summed E-state index contributed by atoms with van der Waals surface area (Å²) in [6, 6.07) is -1.97. The number of carboxylic acid groups (broad SMARTS) is 6. The van der Waals surface area contributed by atoms with Gasteiger partial charge >= 0.3 is 35.8 Å². The molecule has 0 aromatic carbocycles. The van der Waals surface area contributed by atoms with Gasteiger partial charge in [0.05, 0.1) is 6.42 Å². The van der Waals surface area contributed by atoms with Gasteiger partial charge < -0.3 is 30.6 Å². The number of hydrogen-bond acceptors (Lipinski definition) is 7. The molecule has 13 nitrogen and oxygen atoms in total. The topological polar surface area (TPSA) is 227 Å². The highest BCUT2D eigenvalue weighted by Crippen LogP contribution is 2.37. The highest BCUT2D eigenvalue weighted by molar-refractivity contribution is 5.90. The number of carboxylic acids is 6. The molecule has 6 N–H and O–H groups in total. The van der Waals surface area contributed by atoms with Crippen LogP contribution in [0.1, 0.15) is 51.4 Å². The van der Waals surface area contributed by atoms with Crippen LogP contribution in [-0.2, 0) is 28.8 Å². The highest BCUT2D eigenvalue weighted by Gasteiger charge is 2.53. The van der Waals surface area contributed by atoms with Crippen molar-refractivity contribution in [1.82, 2.24) is 4.90 Å². The molecular formula is C18H27NO12. The first-order chi connectivity index (χ1) is 14.3. The summed E-state index contributed by atoms with van der Waals surface area (Å²) < 4.78 is 0. The Bertz CT molecular complexity index is 691. The maximum atomic E-state index is 12.1. The van der Waals surface area contributed by atoms with Crippen molar-refractivity contribution in [2.24, 2.45) is 5.41 Å². The van der Waals surface area contributed by atoms with Crippen LogP contribution in [0, 0.1) is 5.41 Å². The van der Waals surface area contributed by atoms with Crippen molar-refractivity contribution < 1.29 is 59.4 Å². The molecule has 0 aliphatic heterocycles. The lowest BCUT2D eigenvalue weighted by molar-refractivity contribution is -0.171. The second kappa shape index (κ2) is 13.2. The molecule has 0 aromatic rings. The quantitative estimate of drug-likeness (QED) is 0.155. The normalized spacial score (nSPS) is 13.8. The molecule has 0 fully saturated rings. The summed E-state index contributed by atoms with van der Waals surface area (Å²) in [6.45, 7) is -0.371. The first-order valence-corrected chi connectivity index (χ1v) is 9.41. The highest BCUT2D eigenvalue weighted by atomic mass is 16.4. The third-order valence-electron chi connectivity index (χ3n) is 4.72. The van der Waals surface area contributed by atoms with E-state index in [1.165, 1.54) is 0 Å². The van der Waals surface area contributed by atoms with Crippen molar-refractivity contribution in [3.8, 4) is 0 Å². The molecule has 13 heteroatoms. The summed E-state index contributed by atoms with van der Waals surface area (Å²) in [4.78, 5) is 69.2. The van der Waals surface area contributed by atoms with Crippen LogP contribution in [0.3, 0.4) is 0 Å². The summed E-state index contributed by atoms with van der Waals surface area (Å²) in [5.41, 5.74) is -2.51. The third-order valence-corrected chi connectivity index (χ3v) is 4.72. The summed E-state index contributed by atoms with van der Waals surface area (Å²) in [5, 5.41) is 55.3. The van der Waals surface area contributed by atoms with Gasteiger partial charge in [0.1, 0.15) is 11.5 Å². The van der Waals surface area contributed by atoms with E-state index in [0.717, 1.165) is 4.90 Å². The van der Waals surface area contributed by atoms with E-state index in [9.17, 15) is 44.1 Å². The molecule has 0 aromatic heterocycles. The summed E-state index contributed by atoms with van der Waals surface area (Å²) >= 11 is 0. The van der Waals surface area contributed by atoms with Crippen LogP contribution in [0.4, 0.5) is 0 Å². The fourth-order valence-corrected chi connectivity index (χ4v) is 3.36. The van der Waals surface area contributed by atoms with Gasteiger partial charge in [0.25, 0.3) is 0 Å². The van der Waals surface area contributed by atoms with Crippen LogP contribution in [-0.4, -0.2) is 90.5 Å². The third kappa shape index (κ3) is 9.89. The Morgan fingerprint density at radius 2 is 1.13 bits per heavy atom. The minimum absolute atomic E-state index is 0.0836. The maximum Gasteiger partial charge on any atom is 0.322 e.